The van der Waals surface area contributed by atoms with Crippen LogP contribution in [0.2, 0.25) is 0 Å². The van der Waals surface area contributed by atoms with E-state index in [2.05, 4.69) is 9.98 Å². The highest BCUT2D eigenvalue weighted by atomic mass is 19.1. The van der Waals surface area contributed by atoms with Crippen LogP contribution in [0.15, 0.2) is 53.5 Å². The Balaban J connectivity index is 1.96. The van der Waals surface area contributed by atoms with E-state index in [0.29, 0.717) is 28.3 Å². The van der Waals surface area contributed by atoms with E-state index in [0.717, 1.165) is 11.6 Å². The summed E-state index contributed by atoms with van der Waals surface area (Å²) in [7, 11) is 1.53. The summed E-state index contributed by atoms with van der Waals surface area (Å²) in [5.41, 5.74) is 4.37. The van der Waals surface area contributed by atoms with Crippen molar-refractivity contribution in [2.24, 2.45) is 4.99 Å². The van der Waals surface area contributed by atoms with E-state index in [1.54, 1.807) is 25.1 Å². The number of aromatic nitrogens is 1. The third-order valence-corrected chi connectivity index (χ3v) is 4.23. The number of hydrogen-bond acceptors (Lipinski definition) is 5. The van der Waals surface area contributed by atoms with Crippen molar-refractivity contribution in [2.45, 2.75) is 20.4 Å². The van der Waals surface area contributed by atoms with Crippen LogP contribution in [0.4, 0.5) is 8.78 Å². The number of rotatable bonds is 6. The molecular formula is C22H21F2N3O3. The van der Waals surface area contributed by atoms with Crippen molar-refractivity contribution >= 4 is 5.84 Å². The van der Waals surface area contributed by atoms with Gasteiger partial charge in [0, 0.05) is 11.8 Å². The Morgan fingerprint density at radius 2 is 1.77 bits per heavy atom. The normalized spacial score (nSPS) is 11.3. The number of ether oxygens (including phenoxy) is 2. The van der Waals surface area contributed by atoms with E-state index in [-0.39, 0.29) is 18.3 Å². The maximum atomic E-state index is 13.4. The fourth-order valence-electron chi connectivity index (χ4n) is 2.81. The van der Waals surface area contributed by atoms with E-state index in [1.807, 2.05) is 24.5 Å². The van der Waals surface area contributed by atoms with Gasteiger partial charge in [-0.25, -0.2) is 13.8 Å². The molecular weight excluding hydrogens is 392 g/mol. The van der Waals surface area contributed by atoms with Crippen molar-refractivity contribution in [3.8, 4) is 17.4 Å². The lowest BCUT2D eigenvalue weighted by Crippen LogP contribution is -2.22. The predicted octanol–water partition coefficient (Wildman–Crippen LogP) is 4.70. The number of pyridine rings is 1. The number of hydrogen-bond donors (Lipinski definition) is 2. The summed E-state index contributed by atoms with van der Waals surface area (Å²) in [4.78, 5) is 8.61. The summed E-state index contributed by atoms with van der Waals surface area (Å²) >= 11 is 0. The topological polar surface area (TPSA) is 76.0 Å². The number of amidine groups is 1. The van der Waals surface area contributed by atoms with Gasteiger partial charge in [-0.2, -0.15) is 0 Å². The molecule has 1 aromatic heterocycles. The lowest BCUT2D eigenvalue weighted by atomic mass is 10.2. The standard InChI is InChI=1S/C22H21F2N3O3/c1-13-4-7-19(20(8-13)29-3)30-22-18(6-5-14(2)26-22)21(27-28)25-12-15-9-16(23)11-17(24)10-15/h4-11,28H,12H2,1-3H3,(H,25,27). The molecule has 0 aliphatic carbocycles. The molecule has 0 saturated heterocycles. The fraction of sp³-hybridized carbons (Fsp3) is 0.182. The lowest BCUT2D eigenvalue weighted by molar-refractivity contribution is 0.234. The second-order valence-electron chi connectivity index (χ2n) is 6.62. The molecule has 0 atom stereocenters. The molecule has 8 heteroatoms. The zero-order valence-corrected chi connectivity index (χ0v) is 16.7. The van der Waals surface area contributed by atoms with E-state index in [4.69, 9.17) is 9.47 Å². The molecule has 3 aromatic rings. The Bertz CT molecular complexity index is 1070. The monoisotopic (exact) mass is 413 g/mol. The third kappa shape index (κ3) is 5.09. The van der Waals surface area contributed by atoms with Crippen LogP contribution in [-0.4, -0.2) is 23.1 Å². The average molecular weight is 413 g/mol. The van der Waals surface area contributed by atoms with Gasteiger partial charge in [-0.05, 0) is 61.4 Å². The number of hydroxylamine groups is 1. The number of halogens is 2. The number of nitrogens with zero attached hydrogens (tertiary/aromatic N) is 2. The van der Waals surface area contributed by atoms with Gasteiger partial charge >= 0.3 is 0 Å². The Labute approximate surface area is 172 Å². The number of aryl methyl sites for hydroxylation is 2. The molecule has 0 bridgehead atoms. The maximum absolute atomic E-state index is 13.4. The molecule has 0 fully saturated rings. The smallest absolute Gasteiger partial charge is 0.230 e. The second-order valence-corrected chi connectivity index (χ2v) is 6.62. The van der Waals surface area contributed by atoms with E-state index in [9.17, 15) is 14.0 Å². The van der Waals surface area contributed by atoms with Crippen LogP contribution in [0.25, 0.3) is 0 Å². The van der Waals surface area contributed by atoms with Crippen molar-refractivity contribution in [2.75, 3.05) is 7.11 Å². The molecule has 3 rings (SSSR count). The summed E-state index contributed by atoms with van der Waals surface area (Å²) in [6.07, 6.45) is 0. The highest BCUT2D eigenvalue weighted by molar-refractivity contribution is 6.00. The summed E-state index contributed by atoms with van der Waals surface area (Å²) < 4.78 is 38.1. The molecule has 0 radical (unpaired) electrons. The Morgan fingerprint density at radius 3 is 2.43 bits per heavy atom. The van der Waals surface area contributed by atoms with Gasteiger partial charge in [-0.1, -0.05) is 6.07 Å². The minimum absolute atomic E-state index is 0.0354. The Kier molecular flexibility index (Phi) is 6.58. The minimum Gasteiger partial charge on any atom is -0.493 e. The van der Waals surface area contributed by atoms with E-state index in [1.165, 1.54) is 19.2 Å². The van der Waals surface area contributed by atoms with Crippen molar-refractivity contribution in [3.63, 3.8) is 0 Å². The van der Waals surface area contributed by atoms with Crippen molar-refractivity contribution in [1.29, 1.82) is 0 Å². The maximum Gasteiger partial charge on any atom is 0.230 e. The molecule has 0 unspecified atom stereocenters. The van der Waals surface area contributed by atoms with Crippen LogP contribution in [0.3, 0.4) is 0 Å². The van der Waals surface area contributed by atoms with Crippen LogP contribution in [0.5, 0.6) is 17.4 Å². The first-order chi connectivity index (χ1) is 14.4. The molecule has 0 aliphatic rings. The average Bonchev–Trinajstić information content (AvgIpc) is 2.70. The first-order valence-corrected chi connectivity index (χ1v) is 9.09. The molecule has 0 saturated carbocycles. The molecule has 0 amide bonds. The van der Waals surface area contributed by atoms with Gasteiger partial charge in [-0.3, -0.25) is 15.7 Å². The quantitative estimate of drug-likeness (QED) is 0.348. The molecule has 2 N–H and O–H groups in total. The van der Waals surface area contributed by atoms with Gasteiger partial charge in [0.1, 0.15) is 11.6 Å². The summed E-state index contributed by atoms with van der Waals surface area (Å²) in [5, 5.41) is 9.63. The number of methoxy groups -OCH3 is 1. The predicted molar refractivity (Wildman–Crippen MR) is 108 cm³/mol. The molecule has 1 heterocycles. The first kappa shape index (κ1) is 21.2. The number of benzene rings is 2. The molecule has 6 nitrogen and oxygen atoms in total. The van der Waals surface area contributed by atoms with Crippen molar-refractivity contribution in [3.05, 3.63) is 82.5 Å². The zero-order chi connectivity index (χ0) is 21.7. The van der Waals surface area contributed by atoms with Crippen LogP contribution in [0, 0.1) is 25.5 Å². The molecule has 0 aliphatic heterocycles. The third-order valence-electron chi connectivity index (χ3n) is 4.23. The largest absolute Gasteiger partial charge is 0.493 e. The van der Waals surface area contributed by atoms with Gasteiger partial charge in [0.05, 0.1) is 19.2 Å². The molecule has 0 spiro atoms. The minimum atomic E-state index is -0.703. The summed E-state index contributed by atoms with van der Waals surface area (Å²) in [5.74, 6) is -0.226. The summed E-state index contributed by atoms with van der Waals surface area (Å²) in [6.45, 7) is 3.65. The van der Waals surface area contributed by atoms with Gasteiger partial charge in [-0.15, -0.1) is 0 Å². The van der Waals surface area contributed by atoms with E-state index < -0.39 is 11.6 Å². The molecule has 156 valence electrons. The summed E-state index contributed by atoms with van der Waals surface area (Å²) in [6, 6.07) is 12.0. The van der Waals surface area contributed by atoms with Crippen LogP contribution >= 0.6 is 0 Å². The number of nitrogens with one attached hydrogen (secondary N) is 1. The number of aliphatic imine (C=N–C) groups is 1. The van der Waals surface area contributed by atoms with Crippen LogP contribution < -0.4 is 15.0 Å². The van der Waals surface area contributed by atoms with E-state index >= 15 is 0 Å². The van der Waals surface area contributed by atoms with Crippen molar-refractivity contribution in [1.82, 2.24) is 10.5 Å². The first-order valence-electron chi connectivity index (χ1n) is 9.09. The Hall–Kier alpha value is -3.52. The SMILES string of the molecule is COc1cc(C)ccc1Oc1nc(C)ccc1C(=NCc1cc(F)cc(F)c1)NO. The fourth-order valence-corrected chi connectivity index (χ4v) is 2.81. The second kappa shape index (κ2) is 9.32. The van der Waals surface area contributed by atoms with Gasteiger partial charge in [0.15, 0.2) is 17.3 Å². The van der Waals surface area contributed by atoms with Gasteiger partial charge in [0.25, 0.3) is 0 Å². The highest BCUT2D eigenvalue weighted by Gasteiger charge is 2.16. The van der Waals surface area contributed by atoms with Crippen LogP contribution in [-0.2, 0) is 6.54 Å². The lowest BCUT2D eigenvalue weighted by Gasteiger charge is -2.14. The zero-order valence-electron chi connectivity index (χ0n) is 16.7. The van der Waals surface area contributed by atoms with Crippen LogP contribution in [0.1, 0.15) is 22.4 Å². The van der Waals surface area contributed by atoms with Gasteiger partial charge in [0.2, 0.25) is 5.88 Å². The molecule has 2 aromatic carbocycles. The Morgan fingerprint density at radius 1 is 1.03 bits per heavy atom. The molecule has 30 heavy (non-hydrogen) atoms. The highest BCUT2D eigenvalue weighted by Crippen LogP contribution is 2.33. The van der Waals surface area contributed by atoms with Gasteiger partial charge < -0.3 is 9.47 Å². The van der Waals surface area contributed by atoms with Crippen molar-refractivity contribution < 1.29 is 23.5 Å².